The number of esters is 1. The first-order valence-electron chi connectivity index (χ1n) is 7.15. The largest absolute Gasteiger partial charge is 0.451 e. The smallest absolute Gasteiger partial charge is 0.335 e. The number of carbonyl (C=O) groups excluding carboxylic acids is 2. The Kier molecular flexibility index (Phi) is 10.2. The van der Waals surface area contributed by atoms with E-state index in [1.165, 1.54) is 39.5 Å². The minimum atomic E-state index is -1.20. The molecule has 0 aliphatic rings. The van der Waals surface area contributed by atoms with E-state index < -0.39 is 18.2 Å². The summed E-state index contributed by atoms with van der Waals surface area (Å²) in [6.07, 6.45) is 4.90. The maximum atomic E-state index is 11.6. The van der Waals surface area contributed by atoms with Crippen LogP contribution in [0.1, 0.15) is 59.3 Å². The van der Waals surface area contributed by atoms with Gasteiger partial charge in [0.25, 0.3) is 5.91 Å². The number of hydrogen-bond donors (Lipinski definition) is 2. The van der Waals surface area contributed by atoms with Crippen LogP contribution in [0.4, 0.5) is 0 Å². The first kappa shape index (κ1) is 17.9. The number of rotatable bonds is 10. The third-order valence-electron chi connectivity index (χ3n) is 2.83. The number of ether oxygens (including phenoxy) is 1. The summed E-state index contributed by atoms with van der Waals surface area (Å²) in [4.78, 5) is 22.6. The van der Waals surface area contributed by atoms with Gasteiger partial charge < -0.3 is 15.2 Å². The summed E-state index contributed by atoms with van der Waals surface area (Å²) in [6, 6.07) is 0. The Balaban J connectivity index is 3.60. The van der Waals surface area contributed by atoms with Crippen LogP contribution in [0.25, 0.3) is 0 Å². The quantitative estimate of drug-likeness (QED) is 0.470. The number of amides is 1. The van der Waals surface area contributed by atoms with Crippen molar-refractivity contribution >= 4 is 11.9 Å². The number of carbonyl (C=O) groups is 2. The molecule has 0 aromatic rings. The summed E-state index contributed by atoms with van der Waals surface area (Å²) < 4.78 is 4.78. The molecule has 0 aromatic carbocycles. The van der Waals surface area contributed by atoms with Crippen LogP contribution in [0.15, 0.2) is 0 Å². The van der Waals surface area contributed by atoms with Crippen LogP contribution in [0.5, 0.6) is 0 Å². The lowest BCUT2D eigenvalue weighted by atomic mass is 10.1. The second kappa shape index (κ2) is 10.8. The molecule has 5 heteroatoms. The van der Waals surface area contributed by atoms with E-state index in [9.17, 15) is 9.59 Å². The monoisotopic (exact) mass is 273 g/mol. The molecule has 2 atom stereocenters. The van der Waals surface area contributed by atoms with Crippen molar-refractivity contribution in [1.29, 1.82) is 0 Å². The lowest BCUT2D eigenvalue weighted by Gasteiger charge is -2.14. The maximum Gasteiger partial charge on any atom is 0.335 e. The van der Waals surface area contributed by atoms with Crippen LogP contribution >= 0.6 is 0 Å². The minimum absolute atomic E-state index is 0.317. The van der Waals surface area contributed by atoms with Gasteiger partial charge in [0.1, 0.15) is 6.10 Å². The van der Waals surface area contributed by atoms with Crippen molar-refractivity contribution in [2.45, 2.75) is 71.5 Å². The van der Waals surface area contributed by atoms with E-state index >= 15 is 0 Å². The SMILES string of the molecule is CCCCCCCCNC(=O)[C@H](C)OC(=O)[C@H](C)O. The van der Waals surface area contributed by atoms with Crippen molar-refractivity contribution in [3.05, 3.63) is 0 Å². The van der Waals surface area contributed by atoms with Crippen molar-refractivity contribution in [3.63, 3.8) is 0 Å². The molecule has 0 radical (unpaired) electrons. The van der Waals surface area contributed by atoms with Crippen LogP contribution in [-0.2, 0) is 14.3 Å². The van der Waals surface area contributed by atoms with E-state index in [0.29, 0.717) is 6.54 Å². The first-order valence-corrected chi connectivity index (χ1v) is 7.15. The number of aliphatic hydroxyl groups is 1. The molecule has 0 saturated carbocycles. The van der Waals surface area contributed by atoms with Gasteiger partial charge in [0.15, 0.2) is 6.10 Å². The number of aliphatic hydroxyl groups excluding tert-OH is 1. The fraction of sp³-hybridized carbons (Fsp3) is 0.857. The Labute approximate surface area is 115 Å². The fourth-order valence-electron chi connectivity index (χ4n) is 1.59. The molecule has 0 unspecified atom stereocenters. The molecule has 5 nitrogen and oxygen atoms in total. The summed E-state index contributed by atoms with van der Waals surface area (Å²) in [7, 11) is 0. The summed E-state index contributed by atoms with van der Waals surface area (Å²) in [5.74, 6) is -1.09. The van der Waals surface area contributed by atoms with Crippen molar-refractivity contribution in [1.82, 2.24) is 5.32 Å². The van der Waals surface area contributed by atoms with Gasteiger partial charge in [-0.3, -0.25) is 4.79 Å². The molecule has 0 aliphatic heterocycles. The molecule has 19 heavy (non-hydrogen) atoms. The van der Waals surface area contributed by atoms with Crippen LogP contribution in [0.3, 0.4) is 0 Å². The Morgan fingerprint density at radius 3 is 2.26 bits per heavy atom. The Hall–Kier alpha value is -1.10. The van der Waals surface area contributed by atoms with E-state index in [1.54, 1.807) is 0 Å². The number of hydrogen-bond acceptors (Lipinski definition) is 4. The van der Waals surface area contributed by atoms with Crippen LogP contribution in [0, 0.1) is 0 Å². The van der Waals surface area contributed by atoms with E-state index in [-0.39, 0.29) is 5.91 Å². The van der Waals surface area contributed by atoms with Gasteiger partial charge in [0.2, 0.25) is 0 Å². The Bertz CT molecular complexity index is 266. The molecule has 0 rings (SSSR count). The highest BCUT2D eigenvalue weighted by molar-refractivity contribution is 5.84. The molecule has 0 aliphatic carbocycles. The van der Waals surface area contributed by atoms with E-state index in [2.05, 4.69) is 12.2 Å². The van der Waals surface area contributed by atoms with Gasteiger partial charge >= 0.3 is 5.97 Å². The van der Waals surface area contributed by atoms with Gasteiger partial charge in [-0.05, 0) is 20.3 Å². The number of unbranched alkanes of at least 4 members (excludes halogenated alkanes) is 5. The zero-order chi connectivity index (χ0) is 14.7. The van der Waals surface area contributed by atoms with E-state index in [1.807, 2.05) is 0 Å². The lowest BCUT2D eigenvalue weighted by Crippen LogP contribution is -2.38. The molecule has 2 N–H and O–H groups in total. The second-order valence-electron chi connectivity index (χ2n) is 4.81. The third kappa shape index (κ3) is 9.47. The van der Waals surface area contributed by atoms with Crippen molar-refractivity contribution in [2.75, 3.05) is 6.54 Å². The van der Waals surface area contributed by atoms with Crippen LogP contribution in [-0.4, -0.2) is 35.7 Å². The topological polar surface area (TPSA) is 75.6 Å². The standard InChI is InChI=1S/C14H27NO4/c1-4-5-6-7-8-9-10-15-13(17)12(3)19-14(18)11(2)16/h11-12,16H,4-10H2,1-3H3,(H,15,17)/t11-,12-/m0/s1. The summed E-state index contributed by atoms with van der Waals surface area (Å²) in [6.45, 7) is 5.58. The van der Waals surface area contributed by atoms with Crippen LogP contribution < -0.4 is 5.32 Å². The third-order valence-corrected chi connectivity index (χ3v) is 2.83. The highest BCUT2D eigenvalue weighted by Gasteiger charge is 2.19. The first-order chi connectivity index (χ1) is 8.99. The molecule has 112 valence electrons. The van der Waals surface area contributed by atoms with Gasteiger partial charge in [-0.2, -0.15) is 0 Å². The average molecular weight is 273 g/mol. The predicted octanol–water partition coefficient (Wildman–Crippen LogP) is 1.78. The van der Waals surface area contributed by atoms with Gasteiger partial charge in [-0.25, -0.2) is 4.79 Å². The molecular weight excluding hydrogens is 246 g/mol. The van der Waals surface area contributed by atoms with Gasteiger partial charge in [-0.1, -0.05) is 39.0 Å². The molecule has 0 bridgehead atoms. The van der Waals surface area contributed by atoms with Gasteiger partial charge in [-0.15, -0.1) is 0 Å². The van der Waals surface area contributed by atoms with Gasteiger partial charge in [0, 0.05) is 6.54 Å². The zero-order valence-corrected chi connectivity index (χ0v) is 12.3. The van der Waals surface area contributed by atoms with Crippen molar-refractivity contribution in [2.24, 2.45) is 0 Å². The van der Waals surface area contributed by atoms with Crippen molar-refractivity contribution < 1.29 is 19.4 Å². The highest BCUT2D eigenvalue weighted by atomic mass is 16.6. The molecule has 0 fully saturated rings. The molecule has 0 spiro atoms. The molecule has 1 amide bonds. The predicted molar refractivity (Wildman–Crippen MR) is 73.6 cm³/mol. The minimum Gasteiger partial charge on any atom is -0.451 e. The summed E-state index contributed by atoms with van der Waals surface area (Å²) >= 11 is 0. The second-order valence-corrected chi connectivity index (χ2v) is 4.81. The molecular formula is C14H27NO4. The zero-order valence-electron chi connectivity index (χ0n) is 12.3. The average Bonchev–Trinajstić information content (AvgIpc) is 2.37. The van der Waals surface area contributed by atoms with Gasteiger partial charge in [0.05, 0.1) is 0 Å². The van der Waals surface area contributed by atoms with E-state index in [4.69, 9.17) is 9.84 Å². The van der Waals surface area contributed by atoms with Crippen LogP contribution in [0.2, 0.25) is 0 Å². The van der Waals surface area contributed by atoms with E-state index in [0.717, 1.165) is 12.8 Å². The lowest BCUT2D eigenvalue weighted by molar-refractivity contribution is -0.162. The van der Waals surface area contributed by atoms with Crippen molar-refractivity contribution in [3.8, 4) is 0 Å². The normalized spacial score (nSPS) is 13.7. The molecule has 0 heterocycles. The Morgan fingerprint density at radius 1 is 1.11 bits per heavy atom. The molecule has 0 aromatic heterocycles. The maximum absolute atomic E-state index is 11.6. The highest BCUT2D eigenvalue weighted by Crippen LogP contribution is 2.04. The summed E-state index contributed by atoms with van der Waals surface area (Å²) in [5.41, 5.74) is 0. The molecule has 0 saturated heterocycles. The number of nitrogens with one attached hydrogen (secondary N) is 1. The summed E-state index contributed by atoms with van der Waals surface area (Å²) in [5, 5.41) is 11.7. The fourth-order valence-corrected chi connectivity index (χ4v) is 1.59. The Morgan fingerprint density at radius 2 is 1.68 bits per heavy atom.